The van der Waals surface area contributed by atoms with Gasteiger partial charge in [0.15, 0.2) is 17.3 Å². The number of aliphatic hydroxyl groups is 1. The molecule has 8 nitrogen and oxygen atoms in total. The first-order chi connectivity index (χ1) is 17.2. The number of anilines is 1. The average molecular weight is 499 g/mol. The Balaban J connectivity index is 1.32. The molecule has 0 bridgehead atoms. The minimum Gasteiger partial charge on any atom is -0.387 e. The van der Waals surface area contributed by atoms with E-state index in [1.807, 2.05) is 4.90 Å². The highest BCUT2D eigenvalue weighted by Crippen LogP contribution is 2.34. The Morgan fingerprint density at radius 3 is 2.44 bits per heavy atom. The van der Waals surface area contributed by atoms with E-state index < -0.39 is 35.5 Å². The number of Topliss-reactive ketones (excluding diaryl/α,β-unsaturated/α-hetero) is 1. The third-order valence-electron chi connectivity index (χ3n) is 6.10. The second-order valence-electron chi connectivity index (χ2n) is 8.46. The summed E-state index contributed by atoms with van der Waals surface area (Å²) in [6, 6.07) is 11.4. The van der Waals surface area contributed by atoms with Crippen LogP contribution in [0.2, 0.25) is 0 Å². The molecule has 1 aliphatic heterocycles. The van der Waals surface area contributed by atoms with E-state index in [1.54, 1.807) is 24.4 Å². The number of hydrogen-bond acceptors (Lipinski definition) is 7. The Bertz CT molecular complexity index is 1200. The summed E-state index contributed by atoms with van der Waals surface area (Å²) >= 11 is 0. The first kappa shape index (κ1) is 25.2. The highest BCUT2D eigenvalue weighted by Gasteiger charge is 2.37. The molecule has 36 heavy (non-hydrogen) atoms. The van der Waals surface area contributed by atoms with Gasteiger partial charge in [-0.3, -0.25) is 14.6 Å². The number of hydrogen-bond donors (Lipinski definition) is 2. The van der Waals surface area contributed by atoms with E-state index >= 15 is 0 Å². The molecule has 1 unspecified atom stereocenters. The molecule has 0 aliphatic carbocycles. The highest BCUT2D eigenvalue weighted by molar-refractivity contribution is 5.99. The van der Waals surface area contributed by atoms with Gasteiger partial charge in [-0.1, -0.05) is 24.3 Å². The van der Waals surface area contributed by atoms with E-state index in [0.29, 0.717) is 37.3 Å². The number of carbonyl (C=O) groups is 2. The van der Waals surface area contributed by atoms with Crippen LogP contribution in [0.3, 0.4) is 0 Å². The molecule has 1 amide bonds. The van der Waals surface area contributed by atoms with Gasteiger partial charge in [-0.05, 0) is 37.1 Å². The van der Waals surface area contributed by atoms with Gasteiger partial charge in [0.25, 0.3) is 5.91 Å². The summed E-state index contributed by atoms with van der Waals surface area (Å²) in [5.74, 6) is -1.02. The van der Waals surface area contributed by atoms with Crippen molar-refractivity contribution in [1.82, 2.24) is 20.5 Å². The third-order valence-corrected chi connectivity index (χ3v) is 6.10. The van der Waals surface area contributed by atoms with Crippen LogP contribution >= 0.6 is 0 Å². The molecule has 1 fully saturated rings. The van der Waals surface area contributed by atoms with Gasteiger partial charge in [-0.25, -0.2) is 0 Å². The lowest BCUT2D eigenvalue weighted by molar-refractivity contribution is -0.137. The van der Waals surface area contributed by atoms with Gasteiger partial charge in [-0.2, -0.15) is 13.2 Å². The molecule has 1 aromatic carbocycles. The van der Waals surface area contributed by atoms with Gasteiger partial charge in [0, 0.05) is 49.1 Å². The van der Waals surface area contributed by atoms with Crippen molar-refractivity contribution in [2.24, 2.45) is 5.92 Å². The van der Waals surface area contributed by atoms with Crippen LogP contribution in [0.1, 0.15) is 50.9 Å². The summed E-state index contributed by atoms with van der Waals surface area (Å²) < 4.78 is 39.9. The molecule has 1 saturated heterocycles. The predicted octanol–water partition coefficient (Wildman–Crippen LogP) is 3.45. The molecule has 4 rings (SSSR count). The van der Waals surface area contributed by atoms with Crippen molar-refractivity contribution in [3.63, 3.8) is 0 Å². The fraction of sp³-hybridized carbons (Fsp3) is 0.320. The molecule has 2 N–H and O–H groups in total. The molecule has 1 aliphatic rings. The number of aliphatic hydroxyl groups excluding tert-OH is 1. The zero-order valence-electron chi connectivity index (χ0n) is 19.2. The molecular formula is C25H24F3N5O3. The van der Waals surface area contributed by atoms with E-state index in [-0.39, 0.29) is 17.8 Å². The molecule has 1 atom stereocenters. The zero-order chi connectivity index (χ0) is 25.7. The maximum atomic E-state index is 13.3. The van der Waals surface area contributed by atoms with Crippen molar-refractivity contribution in [3.8, 4) is 0 Å². The van der Waals surface area contributed by atoms with Gasteiger partial charge >= 0.3 is 6.18 Å². The fourth-order valence-electron chi connectivity index (χ4n) is 4.12. The van der Waals surface area contributed by atoms with Gasteiger partial charge in [0.05, 0.1) is 11.7 Å². The molecule has 0 saturated carbocycles. The molecule has 3 heterocycles. The summed E-state index contributed by atoms with van der Waals surface area (Å²) in [4.78, 5) is 31.0. The number of halogens is 3. The van der Waals surface area contributed by atoms with Crippen molar-refractivity contribution in [2.75, 3.05) is 24.5 Å². The van der Waals surface area contributed by atoms with Crippen LogP contribution in [0.5, 0.6) is 0 Å². The molecule has 0 radical (unpaired) electrons. The van der Waals surface area contributed by atoms with E-state index in [4.69, 9.17) is 0 Å². The normalized spacial score (nSPS) is 15.4. The van der Waals surface area contributed by atoms with Crippen molar-refractivity contribution in [1.29, 1.82) is 0 Å². The zero-order valence-corrected chi connectivity index (χ0v) is 19.2. The summed E-state index contributed by atoms with van der Waals surface area (Å²) in [7, 11) is 0. The van der Waals surface area contributed by atoms with E-state index in [2.05, 4.69) is 20.5 Å². The smallest absolute Gasteiger partial charge is 0.387 e. The summed E-state index contributed by atoms with van der Waals surface area (Å²) in [5.41, 5.74) is -0.564. The standard InChI is InChI=1S/C25H24F3N5O3/c26-25(27,28)19-6-2-1-5-18(19)23(35)16-9-12-33(13-10-16)22-8-7-20(31-32-22)24(36)30-15-21(34)17-4-3-11-29-14-17/h1-8,11,14,16,21,34H,9-10,12-13,15H2,(H,30,36). The van der Waals surface area contributed by atoms with Crippen LogP contribution in [-0.2, 0) is 6.18 Å². The third kappa shape index (κ3) is 5.85. The van der Waals surface area contributed by atoms with E-state index in [0.717, 1.165) is 6.07 Å². The Hall–Kier alpha value is -3.86. The van der Waals surface area contributed by atoms with Crippen molar-refractivity contribution < 1.29 is 27.9 Å². The molecule has 2 aromatic heterocycles. The fourth-order valence-corrected chi connectivity index (χ4v) is 4.12. The van der Waals surface area contributed by atoms with Crippen LogP contribution < -0.4 is 10.2 Å². The first-order valence-corrected chi connectivity index (χ1v) is 11.4. The number of amides is 1. The highest BCUT2D eigenvalue weighted by atomic mass is 19.4. The van der Waals surface area contributed by atoms with Gasteiger partial charge in [-0.15, -0.1) is 10.2 Å². The van der Waals surface area contributed by atoms with Crippen molar-refractivity contribution in [2.45, 2.75) is 25.1 Å². The minimum atomic E-state index is -4.59. The van der Waals surface area contributed by atoms with Crippen molar-refractivity contribution >= 4 is 17.5 Å². The number of rotatable bonds is 7. The van der Waals surface area contributed by atoms with E-state index in [1.165, 1.54) is 30.5 Å². The number of aromatic nitrogens is 3. The van der Waals surface area contributed by atoms with Crippen LogP contribution in [0.25, 0.3) is 0 Å². The monoisotopic (exact) mass is 499 g/mol. The SMILES string of the molecule is O=C(NCC(O)c1cccnc1)c1ccc(N2CCC(C(=O)c3ccccc3C(F)(F)F)CC2)nn1. The molecule has 188 valence electrons. The Morgan fingerprint density at radius 2 is 1.81 bits per heavy atom. The number of nitrogens with zero attached hydrogens (tertiary/aromatic N) is 4. The molecule has 3 aromatic rings. The van der Waals surface area contributed by atoms with Gasteiger partial charge in [0.2, 0.25) is 0 Å². The predicted molar refractivity (Wildman–Crippen MR) is 124 cm³/mol. The largest absolute Gasteiger partial charge is 0.417 e. The number of alkyl halides is 3. The Labute approximate surface area is 205 Å². The van der Waals surface area contributed by atoms with Crippen LogP contribution in [-0.4, -0.2) is 51.6 Å². The number of nitrogens with one attached hydrogen (secondary N) is 1. The quantitative estimate of drug-likeness (QED) is 0.480. The second-order valence-corrected chi connectivity index (χ2v) is 8.46. The number of benzene rings is 1. The Kier molecular flexibility index (Phi) is 7.58. The number of piperidine rings is 1. The minimum absolute atomic E-state index is 0.0209. The summed E-state index contributed by atoms with van der Waals surface area (Å²) in [6.45, 7) is 0.817. The summed E-state index contributed by atoms with van der Waals surface area (Å²) in [5, 5.41) is 20.8. The molecular weight excluding hydrogens is 475 g/mol. The Morgan fingerprint density at radius 1 is 1.06 bits per heavy atom. The summed E-state index contributed by atoms with van der Waals surface area (Å²) in [6.07, 6.45) is -1.66. The first-order valence-electron chi connectivity index (χ1n) is 11.4. The number of ketones is 1. The van der Waals surface area contributed by atoms with Crippen LogP contribution in [0.15, 0.2) is 60.9 Å². The molecule has 11 heteroatoms. The van der Waals surface area contributed by atoms with Crippen molar-refractivity contribution in [3.05, 3.63) is 83.3 Å². The number of carbonyl (C=O) groups excluding carboxylic acids is 2. The lowest BCUT2D eigenvalue weighted by atomic mass is 9.87. The maximum Gasteiger partial charge on any atom is 0.417 e. The maximum absolute atomic E-state index is 13.3. The van der Waals surface area contributed by atoms with Crippen LogP contribution in [0, 0.1) is 5.92 Å². The van der Waals surface area contributed by atoms with Crippen LogP contribution in [0.4, 0.5) is 19.0 Å². The molecule has 0 spiro atoms. The topological polar surface area (TPSA) is 108 Å². The average Bonchev–Trinajstić information content (AvgIpc) is 2.91. The van der Waals surface area contributed by atoms with Gasteiger partial charge < -0.3 is 15.3 Å². The van der Waals surface area contributed by atoms with Gasteiger partial charge in [0.1, 0.15) is 0 Å². The lowest BCUT2D eigenvalue weighted by Crippen LogP contribution is -2.37. The number of pyridine rings is 1. The second kappa shape index (κ2) is 10.8. The lowest BCUT2D eigenvalue weighted by Gasteiger charge is -2.32. The van der Waals surface area contributed by atoms with E-state index in [9.17, 15) is 27.9 Å².